The molecule has 0 N–H and O–H groups in total. The molecule has 2 aromatic rings. The molecular formula is C22H26N4O4. The zero-order chi connectivity index (χ0) is 20.5. The van der Waals surface area contributed by atoms with Crippen molar-refractivity contribution in [2.24, 2.45) is 5.92 Å². The summed E-state index contributed by atoms with van der Waals surface area (Å²) in [6, 6.07) is 3.46. The molecule has 0 saturated carbocycles. The standard InChI is InChI=1S/C22H26N4O4/c27-21(15-1-7-23-8-2-15)25-9-3-16(4-10-25)22(28)26-11-5-19-18(13-26)24-20(30-19)17-6-12-29-14-17/h1-2,7-8,16-17H,3-6,9-14H2. The van der Waals surface area contributed by atoms with Crippen LogP contribution in [-0.2, 0) is 22.5 Å². The van der Waals surface area contributed by atoms with E-state index >= 15 is 0 Å². The smallest absolute Gasteiger partial charge is 0.253 e. The van der Waals surface area contributed by atoms with Gasteiger partial charge < -0.3 is 19.0 Å². The van der Waals surface area contributed by atoms with E-state index in [2.05, 4.69) is 9.97 Å². The number of hydrogen-bond acceptors (Lipinski definition) is 6. The second kappa shape index (κ2) is 8.18. The molecule has 2 fully saturated rings. The van der Waals surface area contributed by atoms with E-state index in [1.165, 1.54) is 0 Å². The third-order valence-electron chi connectivity index (χ3n) is 6.39. The van der Waals surface area contributed by atoms with E-state index in [0.29, 0.717) is 57.6 Å². The van der Waals surface area contributed by atoms with E-state index in [0.717, 1.165) is 30.4 Å². The number of rotatable bonds is 3. The molecule has 0 aromatic carbocycles. The summed E-state index contributed by atoms with van der Waals surface area (Å²) in [5.41, 5.74) is 1.54. The van der Waals surface area contributed by atoms with Crippen molar-refractivity contribution in [1.29, 1.82) is 0 Å². The lowest BCUT2D eigenvalue weighted by atomic mass is 9.94. The van der Waals surface area contributed by atoms with E-state index in [4.69, 9.17) is 9.15 Å². The van der Waals surface area contributed by atoms with Gasteiger partial charge in [-0.3, -0.25) is 14.6 Å². The largest absolute Gasteiger partial charge is 0.445 e. The highest BCUT2D eigenvalue weighted by atomic mass is 16.5. The van der Waals surface area contributed by atoms with Gasteiger partial charge in [-0.2, -0.15) is 0 Å². The van der Waals surface area contributed by atoms with Crippen molar-refractivity contribution < 1.29 is 18.7 Å². The molecule has 2 aromatic heterocycles. The third kappa shape index (κ3) is 3.71. The maximum Gasteiger partial charge on any atom is 0.253 e. The normalized spacial score (nSPS) is 22.2. The Morgan fingerprint density at radius 1 is 1.03 bits per heavy atom. The Kier molecular flexibility index (Phi) is 5.25. The van der Waals surface area contributed by atoms with Crippen molar-refractivity contribution in [3.63, 3.8) is 0 Å². The lowest BCUT2D eigenvalue weighted by Gasteiger charge is -2.35. The van der Waals surface area contributed by atoms with Crippen LogP contribution in [0, 0.1) is 5.92 Å². The average Bonchev–Trinajstić information content (AvgIpc) is 3.48. The Balaban J connectivity index is 1.18. The van der Waals surface area contributed by atoms with Crippen molar-refractivity contribution in [1.82, 2.24) is 19.8 Å². The molecule has 2 amide bonds. The number of carbonyl (C=O) groups excluding carboxylic acids is 2. The number of hydrogen-bond donors (Lipinski definition) is 0. The highest BCUT2D eigenvalue weighted by Gasteiger charge is 2.34. The second-order valence-electron chi connectivity index (χ2n) is 8.29. The van der Waals surface area contributed by atoms with Crippen molar-refractivity contribution in [3.8, 4) is 0 Å². The van der Waals surface area contributed by atoms with Gasteiger partial charge in [-0.15, -0.1) is 0 Å². The number of carbonyl (C=O) groups is 2. The predicted molar refractivity (Wildman–Crippen MR) is 107 cm³/mol. The van der Waals surface area contributed by atoms with E-state index < -0.39 is 0 Å². The van der Waals surface area contributed by atoms with Crippen LogP contribution in [0.4, 0.5) is 0 Å². The molecule has 3 aliphatic rings. The Labute approximate surface area is 175 Å². The van der Waals surface area contributed by atoms with Crippen LogP contribution in [0.1, 0.15) is 52.9 Å². The van der Waals surface area contributed by atoms with Gasteiger partial charge >= 0.3 is 0 Å². The lowest BCUT2D eigenvalue weighted by Crippen LogP contribution is -2.45. The minimum Gasteiger partial charge on any atom is -0.445 e. The molecule has 5 heterocycles. The fraction of sp³-hybridized carbons (Fsp3) is 0.545. The summed E-state index contributed by atoms with van der Waals surface area (Å²) >= 11 is 0. The van der Waals surface area contributed by atoms with Crippen molar-refractivity contribution in [2.45, 2.75) is 38.1 Å². The molecule has 3 aliphatic heterocycles. The van der Waals surface area contributed by atoms with E-state index in [-0.39, 0.29) is 23.7 Å². The van der Waals surface area contributed by atoms with Crippen LogP contribution in [0.15, 0.2) is 28.9 Å². The van der Waals surface area contributed by atoms with Gasteiger partial charge in [0.2, 0.25) is 5.91 Å². The molecule has 158 valence electrons. The molecule has 5 rings (SSSR count). The predicted octanol–water partition coefficient (Wildman–Crippen LogP) is 2.01. The van der Waals surface area contributed by atoms with Gasteiger partial charge in [0, 0.05) is 56.5 Å². The topological polar surface area (TPSA) is 88.8 Å². The summed E-state index contributed by atoms with van der Waals surface area (Å²) in [5, 5.41) is 0. The number of piperidine rings is 1. The van der Waals surface area contributed by atoms with Crippen LogP contribution < -0.4 is 0 Å². The molecule has 1 atom stereocenters. The number of amides is 2. The zero-order valence-electron chi connectivity index (χ0n) is 17.0. The molecule has 0 spiro atoms. The fourth-order valence-corrected chi connectivity index (χ4v) is 4.58. The average molecular weight is 410 g/mol. The fourth-order valence-electron chi connectivity index (χ4n) is 4.58. The van der Waals surface area contributed by atoms with E-state index in [9.17, 15) is 9.59 Å². The Bertz CT molecular complexity index is 914. The number of ether oxygens (including phenoxy) is 1. The summed E-state index contributed by atoms with van der Waals surface area (Å²) in [4.78, 5) is 38.1. The van der Waals surface area contributed by atoms with Gasteiger partial charge in [0.25, 0.3) is 5.91 Å². The Morgan fingerprint density at radius 3 is 2.57 bits per heavy atom. The van der Waals surface area contributed by atoms with Crippen molar-refractivity contribution in [3.05, 3.63) is 47.4 Å². The summed E-state index contributed by atoms with van der Waals surface area (Å²) in [6.07, 6.45) is 6.30. The zero-order valence-corrected chi connectivity index (χ0v) is 17.0. The Morgan fingerprint density at radius 2 is 1.83 bits per heavy atom. The molecule has 30 heavy (non-hydrogen) atoms. The number of likely N-dealkylation sites (tertiary alicyclic amines) is 1. The molecule has 2 saturated heterocycles. The van der Waals surface area contributed by atoms with Crippen molar-refractivity contribution in [2.75, 3.05) is 32.8 Å². The summed E-state index contributed by atoms with van der Waals surface area (Å²) < 4.78 is 11.4. The summed E-state index contributed by atoms with van der Waals surface area (Å²) in [5.74, 6) is 2.06. The lowest BCUT2D eigenvalue weighted by molar-refractivity contribution is -0.138. The maximum atomic E-state index is 13.1. The van der Waals surface area contributed by atoms with Gasteiger partial charge in [0.15, 0.2) is 5.89 Å². The number of fused-ring (bicyclic) bond motifs is 1. The van der Waals surface area contributed by atoms with Crippen LogP contribution in [0.3, 0.4) is 0 Å². The molecule has 0 radical (unpaired) electrons. The first-order valence-electron chi connectivity index (χ1n) is 10.7. The maximum absolute atomic E-state index is 13.1. The SMILES string of the molecule is O=C(c1ccncc1)N1CCC(C(=O)N2CCc3oc(C4CCOC4)nc3C2)CC1. The van der Waals surface area contributed by atoms with Crippen LogP contribution in [-0.4, -0.2) is 64.4 Å². The van der Waals surface area contributed by atoms with Gasteiger partial charge in [-0.05, 0) is 31.4 Å². The van der Waals surface area contributed by atoms with Gasteiger partial charge in [0.05, 0.1) is 19.1 Å². The van der Waals surface area contributed by atoms with Crippen LogP contribution in [0.5, 0.6) is 0 Å². The number of pyridine rings is 1. The first-order valence-corrected chi connectivity index (χ1v) is 10.7. The molecule has 1 unspecified atom stereocenters. The van der Waals surface area contributed by atoms with Crippen LogP contribution in [0.25, 0.3) is 0 Å². The Hall–Kier alpha value is -2.74. The molecule has 8 nitrogen and oxygen atoms in total. The van der Waals surface area contributed by atoms with Gasteiger partial charge in [-0.25, -0.2) is 4.98 Å². The quantitative estimate of drug-likeness (QED) is 0.769. The molecular weight excluding hydrogens is 384 g/mol. The highest BCUT2D eigenvalue weighted by molar-refractivity contribution is 5.94. The highest BCUT2D eigenvalue weighted by Crippen LogP contribution is 2.30. The number of aromatic nitrogens is 2. The second-order valence-corrected chi connectivity index (χ2v) is 8.29. The van der Waals surface area contributed by atoms with Gasteiger partial charge in [-0.1, -0.05) is 0 Å². The van der Waals surface area contributed by atoms with Crippen LogP contribution in [0.2, 0.25) is 0 Å². The minimum absolute atomic E-state index is 0.0110. The summed E-state index contributed by atoms with van der Waals surface area (Å²) in [6.45, 7) is 3.81. The molecule has 0 aliphatic carbocycles. The first kappa shape index (κ1) is 19.2. The molecule has 8 heteroatoms. The van der Waals surface area contributed by atoms with Gasteiger partial charge in [0.1, 0.15) is 11.5 Å². The monoisotopic (exact) mass is 410 g/mol. The minimum atomic E-state index is -0.0392. The molecule has 0 bridgehead atoms. The van der Waals surface area contributed by atoms with Crippen molar-refractivity contribution >= 4 is 11.8 Å². The number of nitrogens with zero attached hydrogens (tertiary/aromatic N) is 4. The van der Waals surface area contributed by atoms with Crippen LogP contribution >= 0.6 is 0 Å². The third-order valence-corrected chi connectivity index (χ3v) is 6.39. The first-order chi connectivity index (χ1) is 14.7. The summed E-state index contributed by atoms with van der Waals surface area (Å²) in [7, 11) is 0. The number of oxazole rings is 1. The van der Waals surface area contributed by atoms with E-state index in [1.807, 2.05) is 9.80 Å². The van der Waals surface area contributed by atoms with E-state index in [1.54, 1.807) is 24.5 Å².